The van der Waals surface area contributed by atoms with Crippen molar-refractivity contribution in [3.8, 4) is 11.5 Å². The molecule has 0 aliphatic carbocycles. The van der Waals surface area contributed by atoms with Gasteiger partial charge in [0.2, 0.25) is 5.95 Å². The van der Waals surface area contributed by atoms with Gasteiger partial charge in [-0.25, -0.2) is 4.98 Å². The number of aromatic nitrogens is 2. The third kappa shape index (κ3) is 4.59. The number of fused-ring (bicyclic) bond motifs is 1. The summed E-state index contributed by atoms with van der Waals surface area (Å²) < 4.78 is 11.3. The van der Waals surface area contributed by atoms with E-state index < -0.39 is 0 Å². The Morgan fingerprint density at radius 1 is 0.966 bits per heavy atom. The van der Waals surface area contributed by atoms with E-state index in [1.807, 2.05) is 37.3 Å². The zero-order chi connectivity index (χ0) is 20.2. The molecule has 6 nitrogen and oxygen atoms in total. The van der Waals surface area contributed by atoms with Crippen LogP contribution in [0.25, 0.3) is 0 Å². The number of hydrogen-bond acceptors (Lipinski definition) is 6. The fraction of sp³-hybridized carbons (Fsp3) is 0.304. The van der Waals surface area contributed by atoms with Crippen molar-refractivity contribution in [3.63, 3.8) is 0 Å². The Morgan fingerprint density at radius 3 is 2.48 bits per heavy atom. The van der Waals surface area contributed by atoms with E-state index in [4.69, 9.17) is 19.4 Å². The molecule has 0 unspecified atom stereocenters. The summed E-state index contributed by atoms with van der Waals surface area (Å²) in [5.41, 5.74) is 3.04. The summed E-state index contributed by atoms with van der Waals surface area (Å²) >= 11 is 0. The molecule has 1 aromatic heterocycles. The normalized spacial score (nSPS) is 12.7. The summed E-state index contributed by atoms with van der Waals surface area (Å²) in [6.07, 6.45) is 0. The molecule has 1 aliphatic rings. The monoisotopic (exact) mass is 390 g/mol. The summed E-state index contributed by atoms with van der Waals surface area (Å²) in [5, 5.41) is 3.38. The third-order valence-corrected chi connectivity index (χ3v) is 4.73. The number of aryl methyl sites for hydroxylation is 1. The van der Waals surface area contributed by atoms with Gasteiger partial charge in [-0.15, -0.1) is 0 Å². The Hall–Kier alpha value is -3.28. The molecular weight excluding hydrogens is 364 g/mol. The first kappa shape index (κ1) is 19.1. The van der Waals surface area contributed by atoms with Gasteiger partial charge in [-0.1, -0.05) is 30.3 Å². The predicted octanol–water partition coefficient (Wildman–Crippen LogP) is 4.71. The molecule has 6 heteroatoms. The highest BCUT2D eigenvalue weighted by Gasteiger charge is 2.16. The van der Waals surface area contributed by atoms with Crippen molar-refractivity contribution in [2.24, 2.45) is 0 Å². The van der Waals surface area contributed by atoms with Crippen molar-refractivity contribution < 1.29 is 9.47 Å². The highest BCUT2D eigenvalue weighted by molar-refractivity contribution is 5.62. The van der Waals surface area contributed by atoms with E-state index in [0.29, 0.717) is 19.2 Å². The molecule has 0 bridgehead atoms. The Kier molecular flexibility index (Phi) is 5.51. The lowest BCUT2D eigenvalue weighted by Crippen LogP contribution is -2.32. The highest BCUT2D eigenvalue weighted by atomic mass is 16.6. The molecule has 1 aliphatic heterocycles. The van der Waals surface area contributed by atoms with Crippen molar-refractivity contribution in [1.29, 1.82) is 0 Å². The number of nitrogens with zero attached hydrogens (tertiary/aromatic N) is 3. The molecule has 150 valence electrons. The van der Waals surface area contributed by atoms with E-state index in [1.165, 1.54) is 5.56 Å². The van der Waals surface area contributed by atoms with Crippen LogP contribution in [-0.2, 0) is 6.54 Å². The molecule has 2 aromatic carbocycles. The quantitative estimate of drug-likeness (QED) is 0.657. The van der Waals surface area contributed by atoms with Crippen LogP contribution < -0.4 is 19.7 Å². The zero-order valence-electron chi connectivity index (χ0n) is 17.1. The van der Waals surface area contributed by atoms with E-state index in [9.17, 15) is 0 Å². The van der Waals surface area contributed by atoms with Crippen LogP contribution in [0.3, 0.4) is 0 Å². The van der Waals surface area contributed by atoms with Gasteiger partial charge < -0.3 is 19.7 Å². The summed E-state index contributed by atoms with van der Waals surface area (Å²) in [6, 6.07) is 18.4. The van der Waals surface area contributed by atoms with Gasteiger partial charge in [0.1, 0.15) is 19.0 Å². The van der Waals surface area contributed by atoms with Crippen LogP contribution in [0, 0.1) is 6.92 Å². The number of hydrogen-bond donors (Lipinski definition) is 1. The zero-order valence-corrected chi connectivity index (χ0v) is 17.1. The van der Waals surface area contributed by atoms with E-state index in [2.05, 4.69) is 48.3 Å². The number of rotatable bonds is 6. The van der Waals surface area contributed by atoms with Gasteiger partial charge in [-0.05, 0) is 38.5 Å². The summed E-state index contributed by atoms with van der Waals surface area (Å²) in [4.78, 5) is 11.7. The first-order chi connectivity index (χ1) is 14.1. The fourth-order valence-corrected chi connectivity index (χ4v) is 3.28. The molecular formula is C23H26N4O2. The molecule has 0 saturated carbocycles. The van der Waals surface area contributed by atoms with Gasteiger partial charge in [-0.3, -0.25) is 0 Å². The smallest absolute Gasteiger partial charge is 0.228 e. The summed E-state index contributed by atoms with van der Waals surface area (Å²) in [5.74, 6) is 2.99. The molecule has 0 fully saturated rings. The van der Waals surface area contributed by atoms with Gasteiger partial charge in [-0.2, -0.15) is 4.98 Å². The van der Waals surface area contributed by atoms with Gasteiger partial charge in [0.05, 0.1) is 0 Å². The topological polar surface area (TPSA) is 59.5 Å². The van der Waals surface area contributed by atoms with E-state index in [-0.39, 0.29) is 6.04 Å². The van der Waals surface area contributed by atoms with Crippen LogP contribution in [0.1, 0.15) is 25.1 Å². The molecule has 1 N–H and O–H groups in total. The summed E-state index contributed by atoms with van der Waals surface area (Å²) in [6.45, 7) is 8.20. The molecule has 2 heterocycles. The largest absolute Gasteiger partial charge is 0.486 e. The second kappa shape index (κ2) is 8.39. The number of anilines is 3. The standard InChI is InChI=1S/C23H26N4O2/c1-16(2)27(15-18-7-5-4-6-8-18)23-24-17(3)13-22(26-23)25-19-9-10-20-21(14-19)29-12-11-28-20/h4-10,13-14,16H,11-12,15H2,1-3H3,(H,24,25,26). The Bertz CT molecular complexity index is 976. The van der Waals surface area contributed by atoms with Crippen LogP contribution >= 0.6 is 0 Å². The Balaban J connectivity index is 1.59. The molecule has 3 aromatic rings. The van der Waals surface area contributed by atoms with Gasteiger partial charge in [0, 0.05) is 36.1 Å². The molecule has 0 saturated heterocycles. The molecule has 4 rings (SSSR count). The third-order valence-electron chi connectivity index (χ3n) is 4.73. The molecule has 0 amide bonds. The number of nitrogens with one attached hydrogen (secondary N) is 1. The highest BCUT2D eigenvalue weighted by Crippen LogP contribution is 2.33. The Labute approximate surface area is 171 Å². The molecule has 0 spiro atoms. The van der Waals surface area contributed by atoms with Crippen LogP contribution in [-0.4, -0.2) is 29.2 Å². The first-order valence-electron chi connectivity index (χ1n) is 9.91. The fourth-order valence-electron chi connectivity index (χ4n) is 3.28. The second-order valence-corrected chi connectivity index (χ2v) is 7.39. The second-order valence-electron chi connectivity index (χ2n) is 7.39. The minimum Gasteiger partial charge on any atom is -0.486 e. The van der Waals surface area contributed by atoms with E-state index >= 15 is 0 Å². The van der Waals surface area contributed by atoms with Crippen LogP contribution in [0.2, 0.25) is 0 Å². The average molecular weight is 390 g/mol. The summed E-state index contributed by atoms with van der Waals surface area (Å²) in [7, 11) is 0. The van der Waals surface area contributed by atoms with Crippen LogP contribution in [0.15, 0.2) is 54.6 Å². The SMILES string of the molecule is Cc1cc(Nc2ccc3c(c2)OCCO3)nc(N(Cc2ccccc2)C(C)C)n1. The minimum absolute atomic E-state index is 0.263. The van der Waals surface area contributed by atoms with Gasteiger partial charge >= 0.3 is 0 Å². The maximum atomic E-state index is 5.68. The molecule has 0 radical (unpaired) electrons. The van der Waals surface area contributed by atoms with Crippen molar-refractivity contribution in [2.45, 2.75) is 33.4 Å². The Morgan fingerprint density at radius 2 is 1.72 bits per heavy atom. The number of benzene rings is 2. The van der Waals surface area contributed by atoms with Crippen LogP contribution in [0.4, 0.5) is 17.5 Å². The molecule has 0 atom stereocenters. The van der Waals surface area contributed by atoms with Gasteiger partial charge in [0.15, 0.2) is 11.5 Å². The lowest BCUT2D eigenvalue weighted by Gasteiger charge is -2.27. The van der Waals surface area contributed by atoms with Crippen LogP contribution in [0.5, 0.6) is 11.5 Å². The van der Waals surface area contributed by atoms with Crippen molar-refractivity contribution in [1.82, 2.24) is 9.97 Å². The first-order valence-corrected chi connectivity index (χ1v) is 9.91. The van der Waals surface area contributed by atoms with Gasteiger partial charge in [0.25, 0.3) is 0 Å². The lowest BCUT2D eigenvalue weighted by atomic mass is 10.2. The van der Waals surface area contributed by atoms with Crippen molar-refractivity contribution in [3.05, 3.63) is 65.9 Å². The average Bonchev–Trinajstić information content (AvgIpc) is 2.72. The maximum absolute atomic E-state index is 5.68. The minimum atomic E-state index is 0.263. The van der Waals surface area contributed by atoms with Crippen molar-refractivity contribution in [2.75, 3.05) is 23.4 Å². The van der Waals surface area contributed by atoms with E-state index in [1.54, 1.807) is 0 Å². The van der Waals surface area contributed by atoms with E-state index in [0.717, 1.165) is 35.2 Å². The predicted molar refractivity (Wildman–Crippen MR) is 115 cm³/mol. The van der Waals surface area contributed by atoms with Crippen molar-refractivity contribution >= 4 is 17.5 Å². The maximum Gasteiger partial charge on any atom is 0.228 e. The lowest BCUT2D eigenvalue weighted by molar-refractivity contribution is 0.171. The molecule has 29 heavy (non-hydrogen) atoms. The number of ether oxygens (including phenoxy) is 2.